The van der Waals surface area contributed by atoms with E-state index in [0.717, 1.165) is 22.2 Å². The maximum atomic E-state index is 12.2. The Morgan fingerprint density at radius 3 is 2.82 bits per heavy atom. The number of β-amino-alcohol motifs (C(OH)–C–C–N with tert-alkyl or cyclic N) is 1. The van der Waals surface area contributed by atoms with Crippen molar-refractivity contribution in [2.45, 2.75) is 39.0 Å². The van der Waals surface area contributed by atoms with Gasteiger partial charge in [-0.3, -0.25) is 9.88 Å². The van der Waals surface area contributed by atoms with Gasteiger partial charge < -0.3 is 9.84 Å². The Kier molecular flexibility index (Phi) is 3.53. The van der Waals surface area contributed by atoms with E-state index in [-0.39, 0.29) is 6.54 Å². The van der Waals surface area contributed by atoms with Crippen LogP contribution in [0.25, 0.3) is 10.9 Å². The van der Waals surface area contributed by atoms with Crippen LogP contribution in [0.2, 0.25) is 0 Å². The standard InChI is InChI=1S/C17H20N2O3/c1-17(2,3)22-16(21)19-9-14-12(15(20)10-19)8-11-6-4-5-7-13(11)18-14/h4-8,15,20H,9-10H2,1-3H3. The third kappa shape index (κ3) is 2.90. The van der Waals surface area contributed by atoms with E-state index in [4.69, 9.17) is 4.74 Å². The molecule has 3 rings (SSSR count). The molecule has 1 unspecified atom stereocenters. The van der Waals surface area contributed by atoms with E-state index in [1.165, 1.54) is 4.90 Å². The first kappa shape index (κ1) is 14.8. The average molecular weight is 300 g/mol. The van der Waals surface area contributed by atoms with Crippen LogP contribution >= 0.6 is 0 Å². The first-order valence-corrected chi connectivity index (χ1v) is 7.38. The molecule has 0 fully saturated rings. The molecule has 1 N–H and O–H groups in total. The molecule has 5 nitrogen and oxygen atoms in total. The molecule has 0 aliphatic carbocycles. The Bertz CT molecular complexity index is 721. The van der Waals surface area contributed by atoms with Gasteiger partial charge in [0.25, 0.3) is 0 Å². The first-order chi connectivity index (χ1) is 10.3. The second-order valence-electron chi connectivity index (χ2n) is 6.59. The number of amides is 1. The zero-order valence-electron chi connectivity index (χ0n) is 13.0. The Labute approximate surface area is 129 Å². The maximum Gasteiger partial charge on any atom is 0.410 e. The number of aliphatic hydroxyl groups excluding tert-OH is 1. The molecule has 0 saturated carbocycles. The SMILES string of the molecule is CC(C)(C)OC(=O)N1Cc2nc3ccccc3cc2C(O)C1. The van der Waals surface area contributed by atoms with Crippen molar-refractivity contribution < 1.29 is 14.6 Å². The molecule has 1 aromatic carbocycles. The van der Waals surface area contributed by atoms with Gasteiger partial charge in [0.2, 0.25) is 0 Å². The van der Waals surface area contributed by atoms with Gasteiger partial charge in [-0.2, -0.15) is 0 Å². The summed E-state index contributed by atoms with van der Waals surface area (Å²) in [6.45, 7) is 6.05. The number of hydrogen-bond acceptors (Lipinski definition) is 4. The summed E-state index contributed by atoms with van der Waals surface area (Å²) in [4.78, 5) is 18.3. The van der Waals surface area contributed by atoms with Gasteiger partial charge in [-0.25, -0.2) is 4.79 Å². The molecule has 2 aromatic rings. The fourth-order valence-electron chi connectivity index (χ4n) is 2.61. The molecular formula is C17H20N2O3. The summed E-state index contributed by atoms with van der Waals surface area (Å²) in [5, 5.41) is 11.3. The van der Waals surface area contributed by atoms with E-state index in [0.29, 0.717) is 6.54 Å². The van der Waals surface area contributed by atoms with E-state index < -0.39 is 17.8 Å². The predicted octanol–water partition coefficient (Wildman–Crippen LogP) is 3.02. The second-order valence-corrected chi connectivity index (χ2v) is 6.59. The number of fused-ring (bicyclic) bond motifs is 2. The lowest BCUT2D eigenvalue weighted by Gasteiger charge is -2.33. The minimum atomic E-state index is -0.742. The molecule has 1 aliphatic rings. The number of pyridine rings is 1. The van der Waals surface area contributed by atoms with Crippen molar-refractivity contribution in [2.75, 3.05) is 6.54 Å². The van der Waals surface area contributed by atoms with E-state index in [1.807, 2.05) is 51.1 Å². The zero-order valence-corrected chi connectivity index (χ0v) is 13.0. The van der Waals surface area contributed by atoms with Crippen molar-refractivity contribution in [3.05, 3.63) is 41.6 Å². The van der Waals surface area contributed by atoms with Gasteiger partial charge in [0, 0.05) is 10.9 Å². The van der Waals surface area contributed by atoms with Gasteiger partial charge in [-0.1, -0.05) is 18.2 Å². The van der Waals surface area contributed by atoms with Gasteiger partial charge in [0.15, 0.2) is 0 Å². The molecule has 0 radical (unpaired) electrons. The van der Waals surface area contributed by atoms with Crippen LogP contribution in [-0.2, 0) is 11.3 Å². The smallest absolute Gasteiger partial charge is 0.410 e. The number of para-hydroxylation sites is 1. The summed E-state index contributed by atoms with van der Waals surface area (Å²) >= 11 is 0. The highest BCUT2D eigenvalue weighted by Gasteiger charge is 2.31. The zero-order chi connectivity index (χ0) is 15.9. The molecule has 0 bridgehead atoms. The number of aliphatic hydroxyl groups is 1. The molecule has 1 amide bonds. The number of aromatic nitrogens is 1. The number of nitrogens with zero attached hydrogens (tertiary/aromatic N) is 2. The van der Waals surface area contributed by atoms with Gasteiger partial charge in [-0.15, -0.1) is 0 Å². The number of carbonyl (C=O) groups excluding carboxylic acids is 1. The van der Waals surface area contributed by atoms with Crippen LogP contribution in [0, 0.1) is 0 Å². The van der Waals surface area contributed by atoms with E-state index in [9.17, 15) is 9.90 Å². The molecule has 1 atom stereocenters. The average Bonchev–Trinajstić information content (AvgIpc) is 2.43. The third-order valence-corrected chi connectivity index (χ3v) is 3.58. The van der Waals surface area contributed by atoms with Crippen LogP contribution < -0.4 is 0 Å². The summed E-state index contributed by atoms with van der Waals surface area (Å²) in [5.41, 5.74) is 1.82. The topological polar surface area (TPSA) is 62.7 Å². The van der Waals surface area contributed by atoms with Gasteiger partial charge >= 0.3 is 6.09 Å². The lowest BCUT2D eigenvalue weighted by atomic mass is 10.00. The molecule has 22 heavy (non-hydrogen) atoms. The molecular weight excluding hydrogens is 280 g/mol. The molecule has 1 aliphatic heterocycles. The molecule has 1 aromatic heterocycles. The Hall–Kier alpha value is -2.14. The summed E-state index contributed by atoms with van der Waals surface area (Å²) in [5.74, 6) is 0. The monoisotopic (exact) mass is 300 g/mol. The summed E-state index contributed by atoms with van der Waals surface area (Å²) < 4.78 is 5.38. The Balaban J connectivity index is 1.91. The highest BCUT2D eigenvalue weighted by Crippen LogP contribution is 2.29. The van der Waals surface area contributed by atoms with Crippen molar-refractivity contribution in [2.24, 2.45) is 0 Å². The van der Waals surface area contributed by atoms with Crippen LogP contribution in [-0.4, -0.2) is 33.2 Å². The Morgan fingerprint density at radius 2 is 2.09 bits per heavy atom. The van der Waals surface area contributed by atoms with Crippen molar-refractivity contribution in [3.8, 4) is 0 Å². The molecule has 2 heterocycles. The minimum Gasteiger partial charge on any atom is -0.444 e. The largest absolute Gasteiger partial charge is 0.444 e. The molecule has 0 spiro atoms. The number of hydrogen-bond donors (Lipinski definition) is 1. The summed E-state index contributed by atoms with van der Waals surface area (Å²) in [6, 6.07) is 9.71. The third-order valence-electron chi connectivity index (χ3n) is 3.58. The minimum absolute atomic E-state index is 0.224. The first-order valence-electron chi connectivity index (χ1n) is 7.38. The Morgan fingerprint density at radius 1 is 1.36 bits per heavy atom. The second kappa shape index (κ2) is 5.25. The highest BCUT2D eigenvalue weighted by molar-refractivity contribution is 5.80. The van der Waals surface area contributed by atoms with E-state index in [1.54, 1.807) is 0 Å². The quantitative estimate of drug-likeness (QED) is 0.812. The fourth-order valence-corrected chi connectivity index (χ4v) is 2.61. The number of ether oxygens (including phenoxy) is 1. The molecule has 0 saturated heterocycles. The lowest BCUT2D eigenvalue weighted by molar-refractivity contribution is 0.00779. The van der Waals surface area contributed by atoms with E-state index >= 15 is 0 Å². The van der Waals surface area contributed by atoms with Crippen LogP contribution in [0.15, 0.2) is 30.3 Å². The lowest BCUT2D eigenvalue weighted by Crippen LogP contribution is -2.41. The van der Waals surface area contributed by atoms with Crippen molar-refractivity contribution in [3.63, 3.8) is 0 Å². The predicted molar refractivity (Wildman–Crippen MR) is 83.3 cm³/mol. The van der Waals surface area contributed by atoms with Gasteiger partial charge in [0.05, 0.1) is 30.4 Å². The van der Waals surface area contributed by atoms with Crippen molar-refractivity contribution in [1.29, 1.82) is 0 Å². The highest BCUT2D eigenvalue weighted by atomic mass is 16.6. The fraction of sp³-hybridized carbons (Fsp3) is 0.412. The van der Waals surface area contributed by atoms with Crippen LogP contribution in [0.1, 0.15) is 38.1 Å². The number of rotatable bonds is 0. The van der Waals surface area contributed by atoms with Gasteiger partial charge in [0.1, 0.15) is 5.60 Å². The molecule has 116 valence electrons. The number of benzene rings is 1. The van der Waals surface area contributed by atoms with Crippen molar-refractivity contribution in [1.82, 2.24) is 9.88 Å². The van der Waals surface area contributed by atoms with Crippen LogP contribution in [0.5, 0.6) is 0 Å². The summed E-state index contributed by atoms with van der Waals surface area (Å²) in [6.07, 6.45) is -1.17. The molecule has 5 heteroatoms. The van der Waals surface area contributed by atoms with Gasteiger partial charge in [-0.05, 0) is 32.9 Å². The summed E-state index contributed by atoms with van der Waals surface area (Å²) in [7, 11) is 0. The maximum absolute atomic E-state index is 12.2. The van der Waals surface area contributed by atoms with Crippen LogP contribution in [0.3, 0.4) is 0 Å². The van der Waals surface area contributed by atoms with Crippen molar-refractivity contribution >= 4 is 17.0 Å². The number of carbonyl (C=O) groups is 1. The van der Waals surface area contributed by atoms with E-state index in [2.05, 4.69) is 4.98 Å². The normalized spacial score (nSPS) is 18.2. The van der Waals surface area contributed by atoms with Crippen LogP contribution in [0.4, 0.5) is 4.79 Å².